The molecule has 2 aromatic rings. The van der Waals surface area contributed by atoms with Crippen LogP contribution in [0.2, 0.25) is 0 Å². The van der Waals surface area contributed by atoms with Crippen molar-refractivity contribution in [2.24, 2.45) is 5.92 Å². The number of rotatable bonds is 6. The molecule has 0 aliphatic heterocycles. The summed E-state index contributed by atoms with van der Waals surface area (Å²) in [4.78, 5) is 32.3. The fourth-order valence-corrected chi connectivity index (χ4v) is 3.15. The lowest BCUT2D eigenvalue weighted by molar-refractivity contribution is -0.149. The van der Waals surface area contributed by atoms with E-state index in [2.05, 4.69) is 27.4 Å². The average Bonchev–Trinajstić information content (AvgIpc) is 3.12. The van der Waals surface area contributed by atoms with Crippen LogP contribution in [0.1, 0.15) is 44.9 Å². The number of carboxylic acids is 1. The monoisotopic (exact) mass is 358 g/mol. The Morgan fingerprint density at radius 2 is 2.12 bits per heavy atom. The Balaban J connectivity index is 1.57. The molecule has 1 fully saturated rings. The molecule has 1 amide bonds. The number of carbonyl (C=O) groups excluding carboxylic acids is 1. The smallest absolute Gasteiger partial charge is 0.329 e. The number of pyridine rings is 1. The highest BCUT2D eigenvalue weighted by Gasteiger charge is 2.42. The van der Waals surface area contributed by atoms with Gasteiger partial charge in [-0.25, -0.2) is 4.79 Å². The Bertz CT molecular complexity index is 767. The lowest BCUT2D eigenvalue weighted by Crippen LogP contribution is -2.56. The van der Waals surface area contributed by atoms with Crippen molar-refractivity contribution in [2.75, 3.05) is 0 Å². The van der Waals surface area contributed by atoms with Crippen LogP contribution in [0.4, 0.5) is 0 Å². The third kappa shape index (κ3) is 4.07. The topological polar surface area (TPSA) is 118 Å². The van der Waals surface area contributed by atoms with E-state index in [0.29, 0.717) is 36.2 Å². The number of carbonyl (C=O) groups is 2. The van der Waals surface area contributed by atoms with Gasteiger partial charge in [0, 0.05) is 19.0 Å². The maximum Gasteiger partial charge on any atom is 0.329 e. The second kappa shape index (κ2) is 7.63. The van der Waals surface area contributed by atoms with E-state index in [0.717, 1.165) is 12.8 Å². The largest absolute Gasteiger partial charge is 0.480 e. The van der Waals surface area contributed by atoms with Crippen molar-refractivity contribution in [3.05, 3.63) is 30.3 Å². The molecule has 2 N–H and O–H groups in total. The van der Waals surface area contributed by atoms with Crippen LogP contribution in [0.25, 0.3) is 11.5 Å². The molecule has 0 aromatic carbocycles. The number of nitrogens with one attached hydrogen (secondary N) is 1. The zero-order valence-corrected chi connectivity index (χ0v) is 14.6. The standard InChI is InChI=1S/C18H22N4O4/c1-12-7-9-18(10-8-12,17(24)25)21-14(23)5-6-15-20-16(22-26-15)13-4-2-3-11-19-13/h2-4,11-12H,5-10H2,1H3,(H,21,23)(H,24,25). The van der Waals surface area contributed by atoms with Gasteiger partial charge in [-0.05, 0) is 43.7 Å². The van der Waals surface area contributed by atoms with E-state index in [9.17, 15) is 14.7 Å². The van der Waals surface area contributed by atoms with Crippen LogP contribution in [0.15, 0.2) is 28.9 Å². The minimum absolute atomic E-state index is 0.0917. The number of aromatic nitrogens is 3. The van der Waals surface area contributed by atoms with E-state index < -0.39 is 11.5 Å². The number of carboxylic acid groups (broad SMARTS) is 1. The van der Waals surface area contributed by atoms with Gasteiger partial charge in [-0.1, -0.05) is 18.1 Å². The maximum absolute atomic E-state index is 12.3. The van der Waals surface area contributed by atoms with Crippen molar-refractivity contribution >= 4 is 11.9 Å². The SMILES string of the molecule is CC1CCC(NC(=O)CCc2nc(-c3ccccn3)no2)(C(=O)O)CC1. The van der Waals surface area contributed by atoms with E-state index in [1.807, 2.05) is 6.07 Å². The predicted molar refractivity (Wildman–Crippen MR) is 92.0 cm³/mol. The summed E-state index contributed by atoms with van der Waals surface area (Å²) in [5.41, 5.74) is -0.564. The molecule has 0 bridgehead atoms. The molecule has 0 radical (unpaired) electrons. The van der Waals surface area contributed by atoms with Gasteiger partial charge in [0.2, 0.25) is 17.6 Å². The Hall–Kier alpha value is -2.77. The van der Waals surface area contributed by atoms with Gasteiger partial charge in [-0.2, -0.15) is 4.98 Å². The van der Waals surface area contributed by atoms with Crippen LogP contribution >= 0.6 is 0 Å². The highest BCUT2D eigenvalue weighted by atomic mass is 16.5. The minimum Gasteiger partial charge on any atom is -0.480 e. The van der Waals surface area contributed by atoms with Crippen LogP contribution in [0.5, 0.6) is 0 Å². The van der Waals surface area contributed by atoms with E-state index in [-0.39, 0.29) is 18.7 Å². The zero-order chi connectivity index (χ0) is 18.6. The van der Waals surface area contributed by atoms with Gasteiger partial charge in [-0.3, -0.25) is 9.78 Å². The second-order valence-electron chi connectivity index (χ2n) is 6.84. The van der Waals surface area contributed by atoms with Crippen LogP contribution in [-0.2, 0) is 16.0 Å². The fourth-order valence-electron chi connectivity index (χ4n) is 3.15. The van der Waals surface area contributed by atoms with Gasteiger partial charge in [0.05, 0.1) is 0 Å². The van der Waals surface area contributed by atoms with Crippen LogP contribution in [0, 0.1) is 5.92 Å². The quantitative estimate of drug-likeness (QED) is 0.812. The van der Waals surface area contributed by atoms with Crippen molar-refractivity contribution < 1.29 is 19.2 Å². The van der Waals surface area contributed by atoms with Crippen LogP contribution in [0.3, 0.4) is 0 Å². The zero-order valence-electron chi connectivity index (χ0n) is 14.6. The molecular weight excluding hydrogens is 336 g/mol. The van der Waals surface area contributed by atoms with Gasteiger partial charge >= 0.3 is 5.97 Å². The molecule has 0 atom stereocenters. The highest BCUT2D eigenvalue weighted by Crippen LogP contribution is 2.32. The second-order valence-corrected chi connectivity index (χ2v) is 6.84. The van der Waals surface area contributed by atoms with E-state index in [4.69, 9.17) is 4.52 Å². The predicted octanol–water partition coefficient (Wildman–Crippen LogP) is 2.21. The first kappa shape index (κ1) is 18.0. The molecule has 0 saturated heterocycles. The summed E-state index contributed by atoms with van der Waals surface area (Å²) in [5.74, 6) is -0.109. The third-order valence-corrected chi connectivity index (χ3v) is 4.84. The van der Waals surface area contributed by atoms with Gasteiger partial charge in [-0.15, -0.1) is 0 Å². The Kier molecular flexibility index (Phi) is 5.29. The first-order valence-electron chi connectivity index (χ1n) is 8.77. The van der Waals surface area contributed by atoms with Crippen molar-refractivity contribution in [1.29, 1.82) is 0 Å². The highest BCUT2D eigenvalue weighted by molar-refractivity contribution is 5.87. The normalized spacial score (nSPS) is 22.7. The summed E-state index contributed by atoms with van der Waals surface area (Å²) in [6.07, 6.45) is 4.48. The van der Waals surface area contributed by atoms with E-state index in [1.165, 1.54) is 0 Å². The molecule has 26 heavy (non-hydrogen) atoms. The van der Waals surface area contributed by atoms with Crippen LogP contribution < -0.4 is 5.32 Å². The number of aryl methyl sites for hydroxylation is 1. The van der Waals surface area contributed by atoms with E-state index >= 15 is 0 Å². The molecule has 8 nitrogen and oxygen atoms in total. The lowest BCUT2D eigenvalue weighted by atomic mass is 9.77. The van der Waals surface area contributed by atoms with Crippen molar-refractivity contribution in [3.63, 3.8) is 0 Å². The lowest BCUT2D eigenvalue weighted by Gasteiger charge is -2.36. The molecular formula is C18H22N4O4. The average molecular weight is 358 g/mol. The van der Waals surface area contributed by atoms with Gasteiger partial charge in [0.25, 0.3) is 0 Å². The summed E-state index contributed by atoms with van der Waals surface area (Å²) < 4.78 is 5.15. The molecule has 138 valence electrons. The van der Waals surface area contributed by atoms with Gasteiger partial charge < -0.3 is 14.9 Å². The molecule has 0 unspecified atom stereocenters. The summed E-state index contributed by atoms with van der Waals surface area (Å²) in [6, 6.07) is 5.38. The van der Waals surface area contributed by atoms with Crippen LogP contribution in [-0.4, -0.2) is 37.6 Å². The first-order chi connectivity index (χ1) is 12.5. The molecule has 1 aliphatic carbocycles. The summed E-state index contributed by atoms with van der Waals surface area (Å²) >= 11 is 0. The van der Waals surface area contributed by atoms with E-state index in [1.54, 1.807) is 18.3 Å². The summed E-state index contributed by atoms with van der Waals surface area (Å²) in [5, 5.41) is 16.2. The Morgan fingerprint density at radius 3 is 2.77 bits per heavy atom. The van der Waals surface area contributed by atoms with Gasteiger partial charge in [0.1, 0.15) is 11.2 Å². The number of nitrogens with zero attached hydrogens (tertiary/aromatic N) is 3. The third-order valence-electron chi connectivity index (χ3n) is 4.84. The molecule has 1 aliphatic rings. The molecule has 8 heteroatoms. The number of aliphatic carboxylic acids is 1. The number of hydrogen-bond acceptors (Lipinski definition) is 6. The molecule has 2 aromatic heterocycles. The number of amides is 1. The molecule has 1 saturated carbocycles. The van der Waals surface area contributed by atoms with Gasteiger partial charge in [0.15, 0.2) is 0 Å². The fraction of sp³-hybridized carbons (Fsp3) is 0.500. The minimum atomic E-state index is -1.16. The molecule has 2 heterocycles. The molecule has 0 spiro atoms. The Labute approximate surface area is 151 Å². The Morgan fingerprint density at radius 1 is 1.35 bits per heavy atom. The first-order valence-corrected chi connectivity index (χ1v) is 8.77. The summed E-state index contributed by atoms with van der Waals surface area (Å²) in [7, 11) is 0. The van der Waals surface area contributed by atoms with Crippen molar-refractivity contribution in [3.8, 4) is 11.5 Å². The summed E-state index contributed by atoms with van der Waals surface area (Å²) in [6.45, 7) is 2.10. The molecule has 3 rings (SSSR count). The maximum atomic E-state index is 12.3. The van der Waals surface area contributed by atoms with Crippen molar-refractivity contribution in [2.45, 2.75) is 51.0 Å². The van der Waals surface area contributed by atoms with Crippen molar-refractivity contribution in [1.82, 2.24) is 20.4 Å². The number of hydrogen-bond donors (Lipinski definition) is 2.